The van der Waals surface area contributed by atoms with Gasteiger partial charge in [-0.2, -0.15) is 0 Å². The van der Waals surface area contributed by atoms with E-state index in [-0.39, 0.29) is 18.3 Å². The van der Waals surface area contributed by atoms with Crippen molar-refractivity contribution in [1.82, 2.24) is 9.34 Å². The van der Waals surface area contributed by atoms with Gasteiger partial charge in [-0.05, 0) is 23.6 Å². The Bertz CT molecular complexity index is 621. The van der Waals surface area contributed by atoms with Crippen LogP contribution in [0.25, 0.3) is 0 Å². The summed E-state index contributed by atoms with van der Waals surface area (Å²) in [7, 11) is 1.59. The molecule has 27 heavy (non-hydrogen) atoms. The van der Waals surface area contributed by atoms with Crippen molar-refractivity contribution in [1.29, 1.82) is 0 Å². The van der Waals surface area contributed by atoms with Crippen LogP contribution in [0.5, 0.6) is 0 Å². The van der Waals surface area contributed by atoms with Gasteiger partial charge in [-0.1, -0.05) is 27.7 Å². The van der Waals surface area contributed by atoms with Gasteiger partial charge in [0.25, 0.3) is 13.3 Å². The minimum atomic E-state index is -2.63. The normalized spacial score (nSPS) is 44.5. The van der Waals surface area contributed by atoms with E-state index in [1.54, 1.807) is 7.11 Å². The van der Waals surface area contributed by atoms with Crippen molar-refractivity contribution in [2.24, 2.45) is 0 Å². The van der Waals surface area contributed by atoms with E-state index < -0.39 is 25.7 Å². The fourth-order valence-corrected chi connectivity index (χ4v) is 10.2. The molecular weight excluding hydrogens is 430 g/mol. The van der Waals surface area contributed by atoms with E-state index in [0.717, 1.165) is 26.2 Å². The lowest BCUT2D eigenvalue weighted by Gasteiger charge is -2.47. The zero-order valence-electron chi connectivity index (χ0n) is 16.5. The average molecular weight is 460 g/mol. The first-order valence-electron chi connectivity index (χ1n) is 9.44. The Kier molecular flexibility index (Phi) is 7.55. The molecule has 2 unspecified atom stereocenters. The molecule has 0 aromatic rings. The molecule has 12 heteroatoms. The summed E-state index contributed by atoms with van der Waals surface area (Å²) >= 11 is 11.6. The highest BCUT2D eigenvalue weighted by Crippen LogP contribution is 2.65. The van der Waals surface area contributed by atoms with Gasteiger partial charge in [-0.25, -0.2) is 9.34 Å². The summed E-state index contributed by atoms with van der Waals surface area (Å²) in [5.41, 5.74) is 0. The third-order valence-corrected chi connectivity index (χ3v) is 12.1. The first-order chi connectivity index (χ1) is 12.9. The van der Waals surface area contributed by atoms with Gasteiger partial charge in [0, 0.05) is 33.3 Å². The van der Waals surface area contributed by atoms with Crippen molar-refractivity contribution in [3.05, 3.63) is 0 Å². The molecule has 3 heterocycles. The van der Waals surface area contributed by atoms with Crippen LogP contribution >= 0.6 is 13.3 Å². The predicted octanol–water partition coefficient (Wildman–Crippen LogP) is 2.69. The van der Waals surface area contributed by atoms with Crippen LogP contribution in [0.1, 0.15) is 27.7 Å². The van der Waals surface area contributed by atoms with Gasteiger partial charge >= 0.3 is 0 Å². The SMILES string of the molecule is CCN(CC)P1(=S)O[C@@H]2[C@@H](O1)[C@@H](OC)O[C@@H]1COP(=S)(N(CC)CC)O[C@@H]21. The quantitative estimate of drug-likeness (QED) is 0.530. The second kappa shape index (κ2) is 9.00. The maximum atomic E-state index is 6.38. The number of hydrogen-bond acceptors (Lipinski definition) is 8. The first-order valence-corrected chi connectivity index (χ1v) is 14.6. The Morgan fingerprint density at radius 2 is 1.37 bits per heavy atom. The fraction of sp³-hybridized carbons (Fsp3) is 1.00. The largest absolute Gasteiger partial charge is 0.353 e. The summed E-state index contributed by atoms with van der Waals surface area (Å²) in [6.07, 6.45) is -2.12. The second-order valence-corrected chi connectivity index (χ2v) is 13.2. The molecule has 3 fully saturated rings. The van der Waals surface area contributed by atoms with Crippen LogP contribution in [0.4, 0.5) is 0 Å². The highest BCUT2D eigenvalue weighted by atomic mass is 32.5. The Morgan fingerprint density at radius 1 is 0.852 bits per heavy atom. The minimum absolute atomic E-state index is 0.329. The van der Waals surface area contributed by atoms with E-state index in [0.29, 0.717) is 6.61 Å². The minimum Gasteiger partial charge on any atom is -0.353 e. The maximum Gasteiger partial charge on any atom is 0.264 e. The molecule has 3 aliphatic heterocycles. The molecular formula is C15H30N2O6P2S2. The smallest absolute Gasteiger partial charge is 0.264 e. The molecule has 8 nitrogen and oxygen atoms in total. The van der Waals surface area contributed by atoms with Crippen LogP contribution in [-0.2, 0) is 51.2 Å². The molecule has 0 aromatic carbocycles. The van der Waals surface area contributed by atoms with Crippen molar-refractivity contribution in [2.45, 2.75) is 58.4 Å². The molecule has 0 spiro atoms. The van der Waals surface area contributed by atoms with E-state index in [1.165, 1.54) is 0 Å². The molecule has 158 valence electrons. The summed E-state index contributed by atoms with van der Waals surface area (Å²) in [6, 6.07) is 0. The summed E-state index contributed by atoms with van der Waals surface area (Å²) in [6.45, 7) is 6.33. The number of methoxy groups -OCH3 is 1. The summed E-state index contributed by atoms with van der Waals surface area (Å²) in [5, 5.41) is 0. The molecule has 0 bridgehead atoms. The third kappa shape index (κ3) is 4.11. The lowest BCUT2D eigenvalue weighted by Crippen LogP contribution is -2.60. The molecule has 0 aliphatic carbocycles. The van der Waals surface area contributed by atoms with Crippen LogP contribution in [-0.4, -0.2) is 79.9 Å². The zero-order valence-corrected chi connectivity index (χ0v) is 19.9. The molecule has 3 aliphatic rings. The lowest BCUT2D eigenvalue weighted by molar-refractivity contribution is -0.272. The number of rotatable bonds is 7. The number of fused-ring (bicyclic) bond motifs is 3. The topological polar surface area (TPSA) is 61.9 Å². The van der Waals surface area contributed by atoms with Crippen molar-refractivity contribution in [3.8, 4) is 0 Å². The van der Waals surface area contributed by atoms with Crippen molar-refractivity contribution < 1.29 is 27.6 Å². The molecule has 3 saturated heterocycles. The Labute approximate surface area is 172 Å². The number of hydrogen-bond donors (Lipinski definition) is 0. The molecule has 3 rings (SSSR count). The van der Waals surface area contributed by atoms with E-state index in [9.17, 15) is 0 Å². The van der Waals surface area contributed by atoms with Gasteiger partial charge in [0.15, 0.2) is 6.29 Å². The summed E-state index contributed by atoms with van der Waals surface area (Å²) in [4.78, 5) is 0. The molecule has 7 atom stereocenters. The van der Waals surface area contributed by atoms with E-state index in [4.69, 9.17) is 51.2 Å². The Balaban J connectivity index is 1.88. The fourth-order valence-electron chi connectivity index (χ4n) is 3.67. The average Bonchev–Trinajstić information content (AvgIpc) is 3.01. The first kappa shape index (κ1) is 22.7. The molecule has 0 amide bonds. The van der Waals surface area contributed by atoms with Crippen LogP contribution in [0.3, 0.4) is 0 Å². The third-order valence-electron chi connectivity index (χ3n) is 5.14. The van der Waals surface area contributed by atoms with E-state index in [2.05, 4.69) is 9.34 Å². The summed E-state index contributed by atoms with van der Waals surface area (Å²) in [5.74, 6) is 0. The maximum absolute atomic E-state index is 6.38. The van der Waals surface area contributed by atoms with Gasteiger partial charge in [0.1, 0.15) is 24.4 Å². The van der Waals surface area contributed by atoms with Crippen molar-refractivity contribution in [3.63, 3.8) is 0 Å². The van der Waals surface area contributed by atoms with Gasteiger partial charge in [0.05, 0.1) is 6.61 Å². The molecule has 0 aromatic heterocycles. The van der Waals surface area contributed by atoms with Gasteiger partial charge in [-0.15, -0.1) is 0 Å². The van der Waals surface area contributed by atoms with Crippen LogP contribution in [0.2, 0.25) is 0 Å². The Morgan fingerprint density at radius 3 is 1.93 bits per heavy atom. The highest BCUT2D eigenvalue weighted by Gasteiger charge is 2.60. The standard InChI is InChI=1S/C15H30N2O6P2S2/c1-6-16(7-2)24(26)19-10-11-12(21-24)13-14(15(18-5)20-11)23-25(27,22-13)17(8-3)9-4/h11-15H,6-10H2,1-5H3/t11-,12-,13+,14-,15+,24?,25?/m1/s1. The van der Waals surface area contributed by atoms with Crippen LogP contribution in [0, 0.1) is 0 Å². The second-order valence-electron chi connectivity index (χ2n) is 6.50. The molecule has 0 saturated carbocycles. The molecule has 0 radical (unpaired) electrons. The monoisotopic (exact) mass is 460 g/mol. The summed E-state index contributed by atoms with van der Waals surface area (Å²) < 4.78 is 40.7. The van der Waals surface area contributed by atoms with Gasteiger partial charge in [-0.3, -0.25) is 0 Å². The van der Waals surface area contributed by atoms with E-state index in [1.807, 2.05) is 27.7 Å². The predicted molar refractivity (Wildman–Crippen MR) is 111 cm³/mol. The van der Waals surface area contributed by atoms with Crippen molar-refractivity contribution in [2.75, 3.05) is 39.9 Å². The Hall–Kier alpha value is 0.980. The van der Waals surface area contributed by atoms with Crippen LogP contribution < -0.4 is 0 Å². The van der Waals surface area contributed by atoms with E-state index >= 15 is 0 Å². The lowest BCUT2D eigenvalue weighted by atomic mass is 9.99. The highest BCUT2D eigenvalue weighted by molar-refractivity contribution is 8.09. The number of ether oxygens (including phenoxy) is 2. The van der Waals surface area contributed by atoms with Crippen molar-refractivity contribution >= 4 is 36.9 Å². The van der Waals surface area contributed by atoms with Gasteiger partial charge in [0.2, 0.25) is 0 Å². The van der Waals surface area contributed by atoms with Crippen LogP contribution in [0.15, 0.2) is 0 Å². The van der Waals surface area contributed by atoms with Gasteiger partial charge < -0.3 is 27.6 Å². The molecule has 0 N–H and O–H groups in total. The number of nitrogens with zero attached hydrogens (tertiary/aromatic N) is 2. The zero-order chi connectivity index (χ0) is 19.8.